The van der Waals surface area contributed by atoms with Gasteiger partial charge in [0.05, 0.1) is 22.7 Å². The SMILES string of the molecule is CC1(C)c2ccccc2-c2cc(N(c3ccc4c(c3)C(C)(C)c3ccccc3-4)c3cc4ccccc4c4ccccc34)ccc21.CC1(C)c2ccccc2-c2ccc(N(c3ccc4c(c3)C(C)(C)c3ccccc3-4)c3cc4ccccc4c4ccccc34)cc21.CC1(C)c2ccccc2-c2ccc(N(c3cccc4c3C(C)(C)c3ccccc3-4)c3cc4ccccc4c4ccccc34)cc21. The lowest BCUT2D eigenvalue weighted by Gasteiger charge is -2.34. The van der Waals surface area contributed by atoms with Crippen molar-refractivity contribution in [2.24, 2.45) is 0 Å². The van der Waals surface area contributed by atoms with Crippen molar-refractivity contribution in [2.45, 2.75) is 116 Å². The molecule has 3 heteroatoms. The minimum Gasteiger partial charge on any atom is -0.310 e. The largest absolute Gasteiger partial charge is 0.310 e. The van der Waals surface area contributed by atoms with Crippen LogP contribution >= 0.6 is 0 Å². The van der Waals surface area contributed by atoms with Gasteiger partial charge in [0.25, 0.3) is 0 Å². The van der Waals surface area contributed by atoms with Gasteiger partial charge in [-0.2, -0.15) is 0 Å². The highest BCUT2D eigenvalue weighted by Crippen LogP contribution is 2.61. The van der Waals surface area contributed by atoms with E-state index in [9.17, 15) is 0 Å². The van der Waals surface area contributed by atoms with Crippen molar-refractivity contribution in [2.75, 3.05) is 14.7 Å². The Bertz CT molecular complexity index is 8480. The molecule has 0 saturated heterocycles. The second kappa shape index (κ2) is 30.0. The molecule has 648 valence electrons. The molecule has 0 bridgehead atoms. The van der Waals surface area contributed by atoms with Crippen LogP contribution in [-0.4, -0.2) is 0 Å². The summed E-state index contributed by atoms with van der Waals surface area (Å²) in [5.74, 6) is 0. The zero-order valence-electron chi connectivity index (χ0n) is 78.7. The Morgan fingerprint density at radius 2 is 0.356 bits per heavy atom. The first-order chi connectivity index (χ1) is 65.5. The zero-order valence-corrected chi connectivity index (χ0v) is 78.7. The van der Waals surface area contributed by atoms with Crippen LogP contribution in [-0.2, 0) is 32.5 Å². The van der Waals surface area contributed by atoms with Crippen LogP contribution in [0, 0.1) is 0 Å². The maximum atomic E-state index is 2.56. The molecule has 0 spiro atoms. The molecular formula is C132H105N3. The summed E-state index contributed by atoms with van der Waals surface area (Å²) in [4.78, 5) is 7.57. The fraction of sp³-hybridized carbons (Fsp3) is 0.136. The molecule has 0 unspecified atom stereocenters. The van der Waals surface area contributed by atoms with Gasteiger partial charge in [0, 0.05) is 77.1 Å². The van der Waals surface area contributed by atoms with Gasteiger partial charge < -0.3 is 14.7 Å². The average Bonchev–Trinajstić information content (AvgIpc) is 1.61. The van der Waals surface area contributed by atoms with Crippen LogP contribution in [0.1, 0.15) is 150 Å². The number of nitrogens with zero attached hydrogens (tertiary/aromatic N) is 3. The van der Waals surface area contributed by atoms with E-state index in [1.165, 1.54) is 249 Å². The number of fused-ring (bicyclic) bond motifs is 27. The molecule has 135 heavy (non-hydrogen) atoms. The van der Waals surface area contributed by atoms with Crippen LogP contribution in [0.25, 0.3) is 131 Å². The quantitative estimate of drug-likeness (QED) is 0.133. The topological polar surface area (TPSA) is 9.72 Å². The third kappa shape index (κ3) is 12.2. The molecule has 0 radical (unpaired) electrons. The standard InChI is InChI=1S/3C44H35N/c1-43(2)37-21-11-9-17-32(37)34-25-24-29(27-39(34)43)45(41-26-28-14-5-6-15-30(28)31-16-7-8-19-35(31)41)40-23-13-20-36-33-18-10-12-22-38(33)44(3,4)42(36)40;1-43(2)39-20-12-10-17-34(39)37-26-29(22-24-40(37)43)45(42-25-28-13-5-6-14-31(28)32-15-7-8-18-36(32)42)30-21-23-35-33-16-9-11-19-38(33)44(3,4)41(35)27-30;1-43(2)38-19-11-9-16-33(38)35-23-21-29(26-40(35)43)45(42-25-28-13-5-6-14-31(28)32-15-7-8-18-37(32)42)30-22-24-36-34-17-10-12-20-39(34)44(3,4)41(36)27-30/h3*5-27H,1-4H3. The van der Waals surface area contributed by atoms with E-state index in [2.05, 4.69) is 516 Å². The smallest absolute Gasteiger partial charge is 0.0546 e. The zero-order chi connectivity index (χ0) is 91.5. The number of hydrogen-bond donors (Lipinski definition) is 0. The number of anilines is 9. The van der Waals surface area contributed by atoms with Crippen LogP contribution in [0.4, 0.5) is 51.2 Å². The van der Waals surface area contributed by atoms with E-state index in [1.54, 1.807) is 0 Å². The third-order valence-electron chi connectivity index (χ3n) is 31.9. The highest BCUT2D eigenvalue weighted by atomic mass is 15.2. The molecule has 0 atom stereocenters. The molecule has 21 aromatic carbocycles. The lowest BCUT2D eigenvalue weighted by atomic mass is 9.81. The van der Waals surface area contributed by atoms with E-state index in [4.69, 9.17) is 0 Å². The molecule has 6 aliphatic rings. The minimum absolute atomic E-state index is 0.0334. The summed E-state index contributed by atoms with van der Waals surface area (Å²) in [5.41, 5.74) is 43.0. The molecule has 0 fully saturated rings. The molecule has 0 aliphatic heterocycles. The van der Waals surface area contributed by atoms with Crippen LogP contribution in [0.5, 0.6) is 0 Å². The normalized spacial score (nSPS) is 15.0. The minimum atomic E-state index is -0.153. The van der Waals surface area contributed by atoms with Gasteiger partial charge in [-0.05, 0) is 267 Å². The summed E-state index contributed by atoms with van der Waals surface area (Å²) in [6.45, 7) is 28.4. The van der Waals surface area contributed by atoms with E-state index in [-0.39, 0.29) is 32.5 Å². The van der Waals surface area contributed by atoms with Gasteiger partial charge in [-0.15, -0.1) is 0 Å². The Kier molecular flexibility index (Phi) is 18.2. The van der Waals surface area contributed by atoms with Gasteiger partial charge in [-0.3, -0.25) is 0 Å². The van der Waals surface area contributed by atoms with Crippen LogP contribution in [0.15, 0.2) is 419 Å². The Balaban J connectivity index is 0.000000108. The first-order valence-electron chi connectivity index (χ1n) is 48.1. The van der Waals surface area contributed by atoms with Crippen molar-refractivity contribution in [3.8, 4) is 66.8 Å². The van der Waals surface area contributed by atoms with Crippen molar-refractivity contribution in [3.63, 3.8) is 0 Å². The monoisotopic (exact) mass is 1730 g/mol. The fourth-order valence-corrected chi connectivity index (χ4v) is 25.1. The molecule has 0 heterocycles. The fourth-order valence-electron chi connectivity index (χ4n) is 25.1. The van der Waals surface area contributed by atoms with Crippen LogP contribution in [0.2, 0.25) is 0 Å². The summed E-state index contributed by atoms with van der Waals surface area (Å²) in [6, 6.07) is 156. The molecule has 0 amide bonds. The van der Waals surface area contributed by atoms with Gasteiger partial charge in [0.2, 0.25) is 0 Å². The predicted molar refractivity (Wildman–Crippen MR) is 574 cm³/mol. The third-order valence-corrected chi connectivity index (χ3v) is 31.9. The van der Waals surface area contributed by atoms with Crippen molar-refractivity contribution < 1.29 is 0 Å². The van der Waals surface area contributed by atoms with Gasteiger partial charge >= 0.3 is 0 Å². The molecule has 3 nitrogen and oxygen atoms in total. The van der Waals surface area contributed by atoms with E-state index < -0.39 is 0 Å². The molecule has 27 rings (SSSR count). The number of benzene rings is 21. The first kappa shape index (κ1) is 81.6. The van der Waals surface area contributed by atoms with E-state index in [1.807, 2.05) is 0 Å². The molecule has 0 N–H and O–H groups in total. The predicted octanol–water partition coefficient (Wildman–Crippen LogP) is 36.2. The number of hydrogen-bond acceptors (Lipinski definition) is 3. The van der Waals surface area contributed by atoms with Crippen molar-refractivity contribution >= 4 is 116 Å². The highest BCUT2D eigenvalue weighted by Gasteiger charge is 2.44. The second-order valence-electron chi connectivity index (χ2n) is 41.4. The maximum Gasteiger partial charge on any atom is 0.0546 e. The summed E-state index contributed by atoms with van der Waals surface area (Å²) in [6.07, 6.45) is 0. The Hall–Kier alpha value is -15.4. The second-order valence-corrected chi connectivity index (χ2v) is 41.4. The van der Waals surface area contributed by atoms with Crippen molar-refractivity contribution in [1.82, 2.24) is 0 Å². The van der Waals surface area contributed by atoms with Gasteiger partial charge in [-0.25, -0.2) is 0 Å². The first-order valence-corrected chi connectivity index (χ1v) is 48.1. The lowest BCUT2D eigenvalue weighted by molar-refractivity contribution is 0.658. The molecule has 21 aromatic rings. The summed E-state index contributed by atoms with van der Waals surface area (Å²) in [7, 11) is 0. The Morgan fingerprint density at radius 1 is 0.133 bits per heavy atom. The van der Waals surface area contributed by atoms with Gasteiger partial charge in [0.15, 0.2) is 0 Å². The van der Waals surface area contributed by atoms with E-state index >= 15 is 0 Å². The molecule has 0 saturated carbocycles. The molecular weight excluding hydrogens is 1630 g/mol. The highest BCUT2D eigenvalue weighted by molar-refractivity contribution is 6.18. The molecule has 6 aliphatic carbocycles. The lowest BCUT2D eigenvalue weighted by Crippen LogP contribution is -2.21. The van der Waals surface area contributed by atoms with E-state index in [0.29, 0.717) is 0 Å². The van der Waals surface area contributed by atoms with Crippen LogP contribution in [0.3, 0.4) is 0 Å². The van der Waals surface area contributed by atoms with Crippen LogP contribution < -0.4 is 14.7 Å². The van der Waals surface area contributed by atoms with Gasteiger partial charge in [-0.1, -0.05) is 417 Å². The molecule has 0 aromatic heterocycles. The van der Waals surface area contributed by atoms with Crippen molar-refractivity contribution in [1.29, 1.82) is 0 Å². The van der Waals surface area contributed by atoms with Gasteiger partial charge in [0.1, 0.15) is 0 Å². The Morgan fingerprint density at radius 3 is 0.696 bits per heavy atom. The summed E-state index contributed by atoms with van der Waals surface area (Å²) >= 11 is 0. The summed E-state index contributed by atoms with van der Waals surface area (Å²) in [5, 5.41) is 15.2. The average molecular weight is 1730 g/mol. The summed E-state index contributed by atoms with van der Waals surface area (Å²) < 4.78 is 0. The van der Waals surface area contributed by atoms with Crippen molar-refractivity contribution in [3.05, 3.63) is 485 Å². The number of rotatable bonds is 9. The van der Waals surface area contributed by atoms with E-state index in [0.717, 1.165) is 0 Å². The Labute approximate surface area is 792 Å². The maximum absolute atomic E-state index is 2.56.